The first-order valence-electron chi connectivity index (χ1n) is 5.77. The van der Waals surface area contributed by atoms with Crippen molar-refractivity contribution in [3.63, 3.8) is 0 Å². The second-order valence-corrected chi connectivity index (χ2v) is 7.23. The first kappa shape index (κ1) is 16.9. The van der Waals surface area contributed by atoms with E-state index in [0.717, 1.165) is 0 Å². The van der Waals surface area contributed by atoms with Gasteiger partial charge in [0.2, 0.25) is 5.91 Å². The van der Waals surface area contributed by atoms with Crippen LogP contribution in [-0.2, 0) is 10.0 Å². The van der Waals surface area contributed by atoms with Gasteiger partial charge in [-0.3, -0.25) is 9.52 Å². The first-order valence-corrected chi connectivity index (χ1v) is 8.39. The van der Waals surface area contributed by atoms with Crippen LogP contribution in [0.3, 0.4) is 0 Å². The van der Waals surface area contributed by atoms with E-state index in [4.69, 9.17) is 40.5 Å². The number of sulfonamides is 1. The summed E-state index contributed by atoms with van der Waals surface area (Å²) in [5, 5.41) is 0.491. The van der Waals surface area contributed by atoms with E-state index in [1.807, 2.05) is 0 Å². The minimum Gasteiger partial charge on any atom is -0.366 e. The molecular weight excluding hydrogens is 371 g/mol. The number of halogens is 3. The summed E-state index contributed by atoms with van der Waals surface area (Å²) in [6, 6.07) is 7.92. The predicted octanol–water partition coefficient (Wildman–Crippen LogP) is 3.55. The molecule has 0 radical (unpaired) electrons. The fraction of sp³-hybridized carbons (Fsp3) is 0. The summed E-state index contributed by atoms with van der Waals surface area (Å²) in [4.78, 5) is 11.1. The summed E-state index contributed by atoms with van der Waals surface area (Å²) in [6.45, 7) is 0. The molecule has 0 aliphatic carbocycles. The quantitative estimate of drug-likeness (QED) is 0.851. The topological polar surface area (TPSA) is 89.3 Å². The maximum absolute atomic E-state index is 12.3. The Morgan fingerprint density at radius 1 is 1.00 bits per heavy atom. The van der Waals surface area contributed by atoms with Crippen LogP contribution in [-0.4, -0.2) is 14.3 Å². The number of carbonyl (C=O) groups is 1. The standard InChI is InChI=1S/C13H9Cl3N2O3S/c14-7-3-8(15)5-10(4-7)22(20,21)18-9-1-2-12(16)11(6-9)13(17)19/h1-6,18H,(H2,17,19). The van der Waals surface area contributed by atoms with Gasteiger partial charge in [0.15, 0.2) is 0 Å². The monoisotopic (exact) mass is 378 g/mol. The zero-order chi connectivity index (χ0) is 16.5. The molecule has 0 aromatic heterocycles. The van der Waals surface area contributed by atoms with Gasteiger partial charge in [0.25, 0.3) is 10.0 Å². The predicted molar refractivity (Wildman–Crippen MR) is 87.2 cm³/mol. The lowest BCUT2D eigenvalue weighted by Crippen LogP contribution is -2.15. The molecule has 22 heavy (non-hydrogen) atoms. The van der Waals surface area contributed by atoms with Crippen molar-refractivity contribution in [1.29, 1.82) is 0 Å². The van der Waals surface area contributed by atoms with Gasteiger partial charge in [-0.25, -0.2) is 8.42 Å². The molecule has 0 atom stereocenters. The lowest BCUT2D eigenvalue weighted by Gasteiger charge is -2.10. The molecule has 0 unspecified atom stereocenters. The highest BCUT2D eigenvalue weighted by atomic mass is 35.5. The van der Waals surface area contributed by atoms with E-state index in [0.29, 0.717) is 0 Å². The van der Waals surface area contributed by atoms with Crippen molar-refractivity contribution in [2.75, 3.05) is 4.72 Å². The Balaban J connectivity index is 2.41. The van der Waals surface area contributed by atoms with E-state index < -0.39 is 15.9 Å². The van der Waals surface area contributed by atoms with Crippen molar-refractivity contribution in [2.24, 2.45) is 5.73 Å². The molecule has 0 fully saturated rings. The third-order valence-corrected chi connectivity index (χ3v) is 4.76. The minimum absolute atomic E-state index is 0.00555. The second-order valence-electron chi connectivity index (χ2n) is 4.27. The molecule has 0 spiro atoms. The van der Waals surface area contributed by atoms with Gasteiger partial charge in [-0.1, -0.05) is 34.8 Å². The smallest absolute Gasteiger partial charge is 0.261 e. The number of primary amides is 1. The molecule has 2 aromatic rings. The summed E-state index contributed by atoms with van der Waals surface area (Å²) < 4.78 is 26.9. The van der Waals surface area contributed by atoms with E-state index in [2.05, 4.69) is 4.72 Å². The Hall–Kier alpha value is -1.47. The summed E-state index contributed by atoms with van der Waals surface area (Å²) in [7, 11) is -3.93. The molecule has 0 heterocycles. The zero-order valence-corrected chi connectivity index (χ0v) is 13.9. The van der Waals surface area contributed by atoms with Crippen LogP contribution in [0.25, 0.3) is 0 Å². The number of carbonyl (C=O) groups excluding carboxylic acids is 1. The Morgan fingerprint density at radius 2 is 1.59 bits per heavy atom. The van der Waals surface area contributed by atoms with E-state index in [-0.39, 0.29) is 31.2 Å². The number of nitrogens with two attached hydrogens (primary N) is 1. The van der Waals surface area contributed by atoms with Crippen LogP contribution >= 0.6 is 34.8 Å². The van der Waals surface area contributed by atoms with Gasteiger partial charge in [-0.2, -0.15) is 0 Å². The second kappa shape index (κ2) is 6.34. The lowest BCUT2D eigenvalue weighted by atomic mass is 10.2. The van der Waals surface area contributed by atoms with Gasteiger partial charge in [-0.05, 0) is 36.4 Å². The number of hydrogen-bond acceptors (Lipinski definition) is 3. The van der Waals surface area contributed by atoms with Gasteiger partial charge in [0, 0.05) is 15.7 Å². The summed E-state index contributed by atoms with van der Waals surface area (Å²) in [6.07, 6.45) is 0. The summed E-state index contributed by atoms with van der Waals surface area (Å²) in [5.41, 5.74) is 5.30. The van der Waals surface area contributed by atoms with Gasteiger partial charge in [0.1, 0.15) is 0 Å². The number of rotatable bonds is 4. The summed E-state index contributed by atoms with van der Waals surface area (Å²) in [5.74, 6) is -0.767. The average Bonchev–Trinajstić information content (AvgIpc) is 2.39. The van der Waals surface area contributed by atoms with Crippen molar-refractivity contribution < 1.29 is 13.2 Å². The van der Waals surface area contributed by atoms with Crippen molar-refractivity contribution in [2.45, 2.75) is 4.90 Å². The fourth-order valence-electron chi connectivity index (χ4n) is 1.68. The number of nitrogens with one attached hydrogen (secondary N) is 1. The molecule has 5 nitrogen and oxygen atoms in total. The van der Waals surface area contributed by atoms with Crippen LogP contribution in [0.15, 0.2) is 41.3 Å². The molecule has 2 aromatic carbocycles. The number of benzene rings is 2. The highest BCUT2D eigenvalue weighted by molar-refractivity contribution is 7.92. The van der Waals surface area contributed by atoms with Gasteiger partial charge in [0.05, 0.1) is 15.5 Å². The molecule has 9 heteroatoms. The van der Waals surface area contributed by atoms with Crippen LogP contribution in [0.5, 0.6) is 0 Å². The van der Waals surface area contributed by atoms with E-state index in [9.17, 15) is 13.2 Å². The van der Waals surface area contributed by atoms with Crippen LogP contribution < -0.4 is 10.5 Å². The van der Waals surface area contributed by atoms with Crippen molar-refractivity contribution in [3.05, 3.63) is 57.0 Å². The molecule has 1 amide bonds. The SMILES string of the molecule is NC(=O)c1cc(NS(=O)(=O)c2cc(Cl)cc(Cl)c2)ccc1Cl. The Bertz CT molecular complexity index is 833. The largest absolute Gasteiger partial charge is 0.366 e. The molecule has 2 rings (SSSR count). The average molecular weight is 380 g/mol. The van der Waals surface area contributed by atoms with E-state index >= 15 is 0 Å². The van der Waals surface area contributed by atoms with Crippen molar-refractivity contribution >= 4 is 56.4 Å². The van der Waals surface area contributed by atoms with Crippen molar-refractivity contribution in [3.8, 4) is 0 Å². The molecule has 0 saturated heterocycles. The molecule has 0 aliphatic heterocycles. The van der Waals surface area contributed by atoms with E-state index in [1.165, 1.54) is 36.4 Å². The fourth-order valence-corrected chi connectivity index (χ4v) is 3.66. The molecule has 0 aliphatic rings. The zero-order valence-electron chi connectivity index (χ0n) is 10.8. The van der Waals surface area contributed by atoms with Crippen LogP contribution in [0.4, 0.5) is 5.69 Å². The Labute approximate surface area is 142 Å². The highest BCUT2D eigenvalue weighted by Crippen LogP contribution is 2.26. The molecule has 3 N–H and O–H groups in total. The number of anilines is 1. The number of hydrogen-bond donors (Lipinski definition) is 2. The van der Waals surface area contributed by atoms with Crippen molar-refractivity contribution in [1.82, 2.24) is 0 Å². The maximum atomic E-state index is 12.3. The van der Waals surface area contributed by atoms with Crippen LogP contribution in [0.1, 0.15) is 10.4 Å². The number of amides is 1. The minimum atomic E-state index is -3.93. The van der Waals surface area contributed by atoms with Gasteiger partial charge < -0.3 is 5.73 Å². The molecule has 0 saturated carbocycles. The highest BCUT2D eigenvalue weighted by Gasteiger charge is 2.17. The maximum Gasteiger partial charge on any atom is 0.261 e. The van der Waals surface area contributed by atoms with Crippen LogP contribution in [0, 0.1) is 0 Å². The Morgan fingerprint density at radius 3 is 2.14 bits per heavy atom. The third-order valence-electron chi connectivity index (χ3n) is 2.63. The normalized spacial score (nSPS) is 11.2. The summed E-state index contributed by atoms with van der Waals surface area (Å²) >= 11 is 17.4. The van der Waals surface area contributed by atoms with E-state index in [1.54, 1.807) is 0 Å². The molecule has 116 valence electrons. The molecule has 0 bridgehead atoms. The van der Waals surface area contributed by atoms with Crippen LogP contribution in [0.2, 0.25) is 15.1 Å². The van der Waals surface area contributed by atoms with Gasteiger partial charge >= 0.3 is 0 Å². The molecular formula is C13H9Cl3N2O3S. The van der Waals surface area contributed by atoms with Gasteiger partial charge in [-0.15, -0.1) is 0 Å². The lowest BCUT2D eigenvalue weighted by molar-refractivity contribution is 0.100. The Kier molecular flexibility index (Phi) is 4.87. The third kappa shape index (κ3) is 3.84. The first-order chi connectivity index (χ1) is 10.2.